The molecule has 3 rings (SSSR count). The summed E-state index contributed by atoms with van der Waals surface area (Å²) >= 11 is 0. The van der Waals surface area contributed by atoms with E-state index < -0.39 is 57.8 Å². The van der Waals surface area contributed by atoms with Crippen molar-refractivity contribution in [3.63, 3.8) is 0 Å². The highest BCUT2D eigenvalue weighted by Gasteiger charge is 2.68. The third kappa shape index (κ3) is 2.84. The molecule has 28 heavy (non-hydrogen) atoms. The largest absolute Gasteiger partial charge is 0.425 e. The van der Waals surface area contributed by atoms with E-state index in [1.807, 2.05) is 0 Å². The van der Waals surface area contributed by atoms with Crippen molar-refractivity contribution < 1.29 is 32.1 Å². The van der Waals surface area contributed by atoms with Crippen LogP contribution in [0.15, 0.2) is 48.5 Å². The number of carbonyl (C=O) groups is 2. The molecule has 0 bridgehead atoms. The number of imide groups is 1. The van der Waals surface area contributed by atoms with Crippen LogP contribution in [-0.4, -0.2) is 27.9 Å². The second-order valence-electron chi connectivity index (χ2n) is 5.93. The van der Waals surface area contributed by atoms with Crippen molar-refractivity contribution in [3.8, 4) is 0 Å². The summed E-state index contributed by atoms with van der Waals surface area (Å²) in [5, 5.41) is 12.7. The van der Waals surface area contributed by atoms with Crippen LogP contribution in [0.1, 0.15) is 11.1 Å². The summed E-state index contributed by atoms with van der Waals surface area (Å²) in [6, 6.07) is 7.33. The highest BCUT2D eigenvalue weighted by Crippen LogP contribution is 2.44. The molecule has 2 aromatic carbocycles. The summed E-state index contributed by atoms with van der Waals surface area (Å²) in [5.41, 5.74) is -5.34. The second kappa shape index (κ2) is 6.59. The number of rotatable bonds is 4. The molecule has 1 aliphatic rings. The minimum atomic E-state index is -5.21. The number of halogens is 4. The number of hydrogen-bond donors (Lipinski definition) is 1. The predicted octanol–water partition coefficient (Wildman–Crippen LogP) is 3.24. The fraction of sp³-hybridized carbons (Fsp3) is 0.176. The number of carbonyl (C=O) groups excluding carboxylic acids is 2. The van der Waals surface area contributed by atoms with E-state index in [4.69, 9.17) is 0 Å². The molecule has 1 N–H and O–H groups in total. The van der Waals surface area contributed by atoms with Crippen LogP contribution in [-0.2, 0) is 16.9 Å². The van der Waals surface area contributed by atoms with Crippen molar-refractivity contribution >= 4 is 17.6 Å². The number of amides is 3. The van der Waals surface area contributed by atoms with E-state index in [0.717, 1.165) is 30.3 Å². The minimum absolute atomic E-state index is 0.117. The van der Waals surface area contributed by atoms with Crippen LogP contribution in [0, 0.1) is 15.9 Å². The van der Waals surface area contributed by atoms with Gasteiger partial charge in [-0.25, -0.2) is 9.18 Å². The van der Waals surface area contributed by atoms with E-state index in [9.17, 15) is 37.3 Å². The molecule has 0 radical (unpaired) electrons. The van der Waals surface area contributed by atoms with Crippen molar-refractivity contribution in [1.82, 2.24) is 10.2 Å². The third-order valence-electron chi connectivity index (χ3n) is 4.34. The van der Waals surface area contributed by atoms with Gasteiger partial charge in [-0.15, -0.1) is 0 Å². The smallest absolute Gasteiger partial charge is 0.312 e. The summed E-state index contributed by atoms with van der Waals surface area (Å²) in [7, 11) is 0. The Kier molecular flexibility index (Phi) is 4.53. The lowest BCUT2D eigenvalue weighted by Gasteiger charge is -2.29. The number of nitro benzene ring substituents is 1. The molecule has 0 saturated carbocycles. The molecule has 7 nitrogen and oxygen atoms in total. The number of hydrogen-bond acceptors (Lipinski definition) is 4. The van der Waals surface area contributed by atoms with Crippen molar-refractivity contribution in [2.45, 2.75) is 18.3 Å². The maximum Gasteiger partial charge on any atom is 0.425 e. The minimum Gasteiger partial charge on any atom is -0.312 e. The summed E-state index contributed by atoms with van der Waals surface area (Å²) in [6.07, 6.45) is -5.21. The zero-order valence-corrected chi connectivity index (χ0v) is 13.9. The molecule has 1 fully saturated rings. The van der Waals surface area contributed by atoms with E-state index in [-0.39, 0.29) is 4.90 Å². The fourth-order valence-corrected chi connectivity index (χ4v) is 2.99. The van der Waals surface area contributed by atoms with Gasteiger partial charge in [-0.05, 0) is 11.6 Å². The van der Waals surface area contributed by atoms with E-state index in [0.29, 0.717) is 0 Å². The first-order valence-electron chi connectivity index (χ1n) is 7.77. The number of nitrogens with one attached hydrogen (secondary N) is 1. The predicted molar refractivity (Wildman–Crippen MR) is 86.3 cm³/mol. The molecule has 1 aliphatic heterocycles. The molecule has 146 valence electrons. The first-order valence-corrected chi connectivity index (χ1v) is 7.77. The monoisotopic (exact) mass is 397 g/mol. The summed E-state index contributed by atoms with van der Waals surface area (Å²) < 4.78 is 55.7. The third-order valence-corrected chi connectivity index (χ3v) is 4.34. The van der Waals surface area contributed by atoms with Gasteiger partial charge in [-0.3, -0.25) is 19.8 Å². The Hall–Kier alpha value is -3.50. The van der Waals surface area contributed by atoms with Gasteiger partial charge >= 0.3 is 12.2 Å². The molecular formula is C17H11F4N3O4. The van der Waals surface area contributed by atoms with Crippen molar-refractivity contribution in [2.24, 2.45) is 0 Å². The van der Waals surface area contributed by atoms with Gasteiger partial charge in [-0.2, -0.15) is 13.2 Å². The molecular weight excluding hydrogens is 386 g/mol. The molecule has 1 heterocycles. The van der Waals surface area contributed by atoms with Crippen LogP contribution < -0.4 is 5.32 Å². The fourth-order valence-electron chi connectivity index (χ4n) is 2.99. The van der Waals surface area contributed by atoms with Gasteiger partial charge in [-0.1, -0.05) is 36.4 Å². The van der Waals surface area contributed by atoms with E-state index in [2.05, 4.69) is 0 Å². The van der Waals surface area contributed by atoms with Gasteiger partial charge in [0.25, 0.3) is 11.6 Å². The zero-order valence-electron chi connectivity index (χ0n) is 13.9. The highest BCUT2D eigenvalue weighted by molar-refractivity contribution is 6.08. The van der Waals surface area contributed by atoms with Crippen molar-refractivity contribution in [1.29, 1.82) is 0 Å². The van der Waals surface area contributed by atoms with Crippen LogP contribution in [0.2, 0.25) is 0 Å². The molecule has 1 atom stereocenters. The molecule has 0 aliphatic carbocycles. The van der Waals surface area contributed by atoms with Crippen LogP contribution in [0.4, 0.5) is 28.0 Å². The zero-order chi connectivity index (χ0) is 20.7. The number of nitrogens with zero attached hydrogens (tertiary/aromatic N) is 2. The molecule has 3 amide bonds. The molecule has 1 saturated heterocycles. The molecule has 0 aromatic heterocycles. The lowest BCUT2D eigenvalue weighted by molar-refractivity contribution is -0.385. The van der Waals surface area contributed by atoms with E-state index in [1.54, 1.807) is 5.32 Å². The Labute approximate surface area is 154 Å². The first-order chi connectivity index (χ1) is 13.1. The Morgan fingerprint density at radius 2 is 1.71 bits per heavy atom. The number of benzene rings is 2. The number of nitro groups is 1. The SMILES string of the molecule is O=C1NC(c2ccccc2)(C(F)(F)F)C(=O)N1Cc1c(F)cccc1[N+](=O)[O-]. The highest BCUT2D eigenvalue weighted by atomic mass is 19.4. The maximum atomic E-state index is 14.1. The topological polar surface area (TPSA) is 92.6 Å². The number of urea groups is 1. The molecule has 11 heteroatoms. The summed E-state index contributed by atoms with van der Waals surface area (Å²) in [6.45, 7) is -1.03. The van der Waals surface area contributed by atoms with Crippen LogP contribution >= 0.6 is 0 Å². The van der Waals surface area contributed by atoms with Crippen LogP contribution in [0.25, 0.3) is 0 Å². The Balaban J connectivity index is 2.09. The Morgan fingerprint density at radius 1 is 1.07 bits per heavy atom. The maximum absolute atomic E-state index is 14.1. The molecule has 2 aromatic rings. The van der Waals surface area contributed by atoms with Gasteiger partial charge in [0.05, 0.1) is 17.0 Å². The van der Waals surface area contributed by atoms with Gasteiger partial charge in [0.2, 0.25) is 5.54 Å². The van der Waals surface area contributed by atoms with Crippen molar-refractivity contribution in [3.05, 3.63) is 75.6 Å². The average Bonchev–Trinajstić information content (AvgIpc) is 2.89. The van der Waals surface area contributed by atoms with Gasteiger partial charge in [0.1, 0.15) is 5.82 Å². The molecule has 1 unspecified atom stereocenters. The Bertz CT molecular complexity index is 965. The summed E-state index contributed by atoms with van der Waals surface area (Å²) in [4.78, 5) is 35.2. The Morgan fingerprint density at radius 3 is 2.29 bits per heavy atom. The van der Waals surface area contributed by atoms with Gasteiger partial charge in [0.15, 0.2) is 0 Å². The molecule has 0 spiro atoms. The van der Waals surface area contributed by atoms with Crippen LogP contribution in [0.3, 0.4) is 0 Å². The number of alkyl halides is 3. The standard InChI is InChI=1S/C17H11F4N3O4/c18-12-7-4-8-13(24(27)28)11(12)9-23-14(25)16(17(19,20)21,22-15(23)26)10-5-2-1-3-6-10/h1-8H,9H2,(H,22,26). The summed E-state index contributed by atoms with van der Waals surface area (Å²) in [5.74, 6) is -2.83. The van der Waals surface area contributed by atoms with Crippen LogP contribution in [0.5, 0.6) is 0 Å². The van der Waals surface area contributed by atoms with E-state index in [1.165, 1.54) is 18.2 Å². The quantitative estimate of drug-likeness (QED) is 0.371. The normalized spacial score (nSPS) is 19.6. The average molecular weight is 397 g/mol. The lowest BCUT2D eigenvalue weighted by Crippen LogP contribution is -2.55. The van der Waals surface area contributed by atoms with Crippen molar-refractivity contribution in [2.75, 3.05) is 0 Å². The van der Waals surface area contributed by atoms with E-state index >= 15 is 0 Å². The first kappa shape index (κ1) is 19.3. The lowest BCUT2D eigenvalue weighted by atomic mass is 9.89. The van der Waals surface area contributed by atoms with Gasteiger partial charge in [0, 0.05) is 6.07 Å². The van der Waals surface area contributed by atoms with Gasteiger partial charge < -0.3 is 5.32 Å². The second-order valence-corrected chi connectivity index (χ2v) is 5.93.